The van der Waals surface area contributed by atoms with E-state index in [1.807, 2.05) is 0 Å². The minimum absolute atomic E-state index is 0.0840. The molecule has 1 aliphatic rings. The molecule has 100 valence electrons. The Bertz CT molecular complexity index is 228. The number of nitrogens with one attached hydrogen (secondary N) is 1. The van der Waals surface area contributed by atoms with Gasteiger partial charge in [-0.3, -0.25) is 4.79 Å². The van der Waals surface area contributed by atoms with Gasteiger partial charge in [-0.15, -0.1) is 0 Å². The molecule has 1 fully saturated rings. The van der Waals surface area contributed by atoms with Crippen molar-refractivity contribution in [3.05, 3.63) is 0 Å². The van der Waals surface area contributed by atoms with Crippen molar-refractivity contribution in [3.8, 4) is 0 Å². The molecule has 0 bridgehead atoms. The number of carbonyl (C=O) groups is 1. The Morgan fingerprint density at radius 2 is 2.12 bits per heavy atom. The highest BCUT2D eigenvalue weighted by molar-refractivity contribution is 5.83. The maximum absolute atomic E-state index is 12.1. The van der Waals surface area contributed by atoms with Crippen molar-refractivity contribution in [1.29, 1.82) is 0 Å². The molecule has 0 unspecified atom stereocenters. The number of amides is 1. The molecule has 0 aromatic heterocycles. The quantitative estimate of drug-likeness (QED) is 0.631. The first kappa shape index (κ1) is 14.4. The number of carbonyl (C=O) groups excluding carboxylic acids is 1. The molecule has 1 rings (SSSR count). The third kappa shape index (κ3) is 4.26. The first-order valence-corrected chi connectivity index (χ1v) is 6.30. The summed E-state index contributed by atoms with van der Waals surface area (Å²) in [4.78, 5) is 12.1. The van der Waals surface area contributed by atoms with Gasteiger partial charge in [0.2, 0.25) is 5.91 Å². The van der Waals surface area contributed by atoms with Crippen molar-refractivity contribution in [2.24, 2.45) is 11.1 Å². The Morgan fingerprint density at radius 3 is 2.71 bits per heavy atom. The van der Waals surface area contributed by atoms with Gasteiger partial charge in [-0.25, -0.2) is 0 Å². The van der Waals surface area contributed by atoms with E-state index in [1.165, 1.54) is 0 Å². The molecule has 5 heteroatoms. The van der Waals surface area contributed by atoms with E-state index in [2.05, 4.69) is 5.32 Å². The molecule has 0 radical (unpaired) electrons. The lowest BCUT2D eigenvalue weighted by Gasteiger charge is -2.34. The SMILES string of the molecule is COCCCCNC(=O)C1(CN)CCOCC1. The van der Waals surface area contributed by atoms with Crippen LogP contribution in [0.2, 0.25) is 0 Å². The Kier molecular flexibility index (Phi) is 6.47. The van der Waals surface area contributed by atoms with Crippen molar-refractivity contribution in [2.45, 2.75) is 25.7 Å². The minimum Gasteiger partial charge on any atom is -0.385 e. The summed E-state index contributed by atoms with van der Waals surface area (Å²) in [6, 6.07) is 0. The van der Waals surface area contributed by atoms with Crippen LogP contribution in [0, 0.1) is 5.41 Å². The molecule has 1 aliphatic heterocycles. The zero-order valence-corrected chi connectivity index (χ0v) is 10.7. The van der Waals surface area contributed by atoms with E-state index in [9.17, 15) is 4.79 Å². The number of unbranched alkanes of at least 4 members (excludes halogenated alkanes) is 1. The van der Waals surface area contributed by atoms with Crippen LogP contribution in [0.5, 0.6) is 0 Å². The number of hydrogen-bond donors (Lipinski definition) is 2. The van der Waals surface area contributed by atoms with Gasteiger partial charge in [0.1, 0.15) is 0 Å². The number of ether oxygens (including phenoxy) is 2. The maximum Gasteiger partial charge on any atom is 0.227 e. The van der Waals surface area contributed by atoms with Gasteiger partial charge in [0, 0.05) is 40.0 Å². The molecule has 3 N–H and O–H groups in total. The van der Waals surface area contributed by atoms with Crippen LogP contribution in [0.1, 0.15) is 25.7 Å². The van der Waals surface area contributed by atoms with E-state index in [0.717, 1.165) is 32.3 Å². The van der Waals surface area contributed by atoms with Crippen molar-refractivity contribution in [3.63, 3.8) is 0 Å². The first-order chi connectivity index (χ1) is 8.25. The van der Waals surface area contributed by atoms with E-state index in [1.54, 1.807) is 7.11 Å². The molecule has 0 aromatic carbocycles. The normalized spacial score (nSPS) is 18.9. The molecule has 0 spiro atoms. The number of nitrogens with two attached hydrogens (primary N) is 1. The lowest BCUT2D eigenvalue weighted by atomic mass is 9.79. The molecule has 0 aromatic rings. The average Bonchev–Trinajstić information content (AvgIpc) is 2.39. The van der Waals surface area contributed by atoms with Crippen molar-refractivity contribution in [2.75, 3.05) is 40.0 Å². The van der Waals surface area contributed by atoms with Gasteiger partial charge in [0.25, 0.3) is 0 Å². The highest BCUT2D eigenvalue weighted by Crippen LogP contribution is 2.29. The van der Waals surface area contributed by atoms with Crippen LogP contribution in [-0.2, 0) is 14.3 Å². The first-order valence-electron chi connectivity index (χ1n) is 6.30. The fourth-order valence-electron chi connectivity index (χ4n) is 2.05. The van der Waals surface area contributed by atoms with E-state index in [4.69, 9.17) is 15.2 Å². The molecular formula is C12H24N2O3. The van der Waals surface area contributed by atoms with Gasteiger partial charge in [-0.2, -0.15) is 0 Å². The average molecular weight is 244 g/mol. The van der Waals surface area contributed by atoms with Gasteiger partial charge in [-0.1, -0.05) is 0 Å². The summed E-state index contributed by atoms with van der Waals surface area (Å²) in [5.41, 5.74) is 5.35. The molecule has 0 saturated carbocycles. The number of methoxy groups -OCH3 is 1. The Morgan fingerprint density at radius 1 is 1.41 bits per heavy atom. The predicted molar refractivity (Wildman–Crippen MR) is 65.7 cm³/mol. The molecular weight excluding hydrogens is 220 g/mol. The zero-order chi connectivity index (χ0) is 12.6. The molecule has 1 amide bonds. The smallest absolute Gasteiger partial charge is 0.227 e. The van der Waals surface area contributed by atoms with Crippen molar-refractivity contribution >= 4 is 5.91 Å². The van der Waals surface area contributed by atoms with E-state index < -0.39 is 5.41 Å². The summed E-state index contributed by atoms with van der Waals surface area (Å²) in [5.74, 6) is 0.0840. The lowest BCUT2D eigenvalue weighted by molar-refractivity contribution is -0.135. The van der Waals surface area contributed by atoms with E-state index >= 15 is 0 Å². The van der Waals surface area contributed by atoms with Crippen LogP contribution >= 0.6 is 0 Å². The Balaban J connectivity index is 2.28. The fraction of sp³-hybridized carbons (Fsp3) is 0.917. The van der Waals surface area contributed by atoms with Crippen LogP contribution in [0.25, 0.3) is 0 Å². The molecule has 17 heavy (non-hydrogen) atoms. The summed E-state index contributed by atoms with van der Waals surface area (Å²) in [5, 5.41) is 2.97. The largest absolute Gasteiger partial charge is 0.385 e. The second-order valence-corrected chi connectivity index (χ2v) is 4.55. The summed E-state index contributed by atoms with van der Waals surface area (Å²) in [6.45, 7) is 3.11. The minimum atomic E-state index is -0.403. The van der Waals surface area contributed by atoms with Crippen LogP contribution in [-0.4, -0.2) is 45.9 Å². The highest BCUT2D eigenvalue weighted by Gasteiger charge is 2.38. The Hall–Kier alpha value is -0.650. The van der Waals surface area contributed by atoms with Gasteiger partial charge >= 0.3 is 0 Å². The maximum atomic E-state index is 12.1. The molecule has 0 atom stereocenters. The van der Waals surface area contributed by atoms with Crippen LogP contribution in [0.4, 0.5) is 0 Å². The zero-order valence-electron chi connectivity index (χ0n) is 10.7. The number of hydrogen-bond acceptors (Lipinski definition) is 4. The third-order valence-corrected chi connectivity index (χ3v) is 3.38. The second kappa shape index (κ2) is 7.63. The van der Waals surface area contributed by atoms with Crippen molar-refractivity contribution < 1.29 is 14.3 Å². The lowest BCUT2D eigenvalue weighted by Crippen LogP contribution is -2.49. The van der Waals surface area contributed by atoms with E-state index in [-0.39, 0.29) is 5.91 Å². The second-order valence-electron chi connectivity index (χ2n) is 4.55. The van der Waals surface area contributed by atoms with Crippen molar-refractivity contribution in [1.82, 2.24) is 5.32 Å². The fourth-order valence-corrected chi connectivity index (χ4v) is 2.05. The summed E-state index contributed by atoms with van der Waals surface area (Å²) < 4.78 is 10.2. The predicted octanol–water partition coefficient (Wildman–Crippen LogP) is 0.285. The van der Waals surface area contributed by atoms with Crippen LogP contribution in [0.3, 0.4) is 0 Å². The monoisotopic (exact) mass is 244 g/mol. The van der Waals surface area contributed by atoms with Crippen LogP contribution in [0.15, 0.2) is 0 Å². The van der Waals surface area contributed by atoms with Gasteiger partial charge < -0.3 is 20.5 Å². The van der Waals surface area contributed by atoms with Gasteiger partial charge in [0.15, 0.2) is 0 Å². The summed E-state index contributed by atoms with van der Waals surface area (Å²) >= 11 is 0. The standard InChI is InChI=1S/C12H24N2O3/c1-16-7-3-2-6-14-11(15)12(10-13)4-8-17-9-5-12/h2-10,13H2,1H3,(H,14,15). The van der Waals surface area contributed by atoms with Crippen LogP contribution < -0.4 is 11.1 Å². The summed E-state index contributed by atoms with van der Waals surface area (Å²) in [6.07, 6.45) is 3.37. The number of rotatable bonds is 7. The summed E-state index contributed by atoms with van der Waals surface area (Å²) in [7, 11) is 1.68. The Labute approximate surface area is 103 Å². The van der Waals surface area contributed by atoms with E-state index in [0.29, 0.717) is 26.3 Å². The van der Waals surface area contributed by atoms with Gasteiger partial charge in [0.05, 0.1) is 5.41 Å². The van der Waals surface area contributed by atoms with Gasteiger partial charge in [-0.05, 0) is 25.7 Å². The highest BCUT2D eigenvalue weighted by atomic mass is 16.5. The topological polar surface area (TPSA) is 73.6 Å². The molecule has 1 saturated heterocycles. The molecule has 5 nitrogen and oxygen atoms in total. The molecule has 1 heterocycles. The third-order valence-electron chi connectivity index (χ3n) is 3.38. The molecule has 0 aliphatic carbocycles.